The maximum absolute atomic E-state index is 12.8. The quantitative estimate of drug-likeness (QED) is 0.507. The van der Waals surface area contributed by atoms with Crippen molar-refractivity contribution in [3.8, 4) is 0 Å². The Hall–Kier alpha value is -2.81. The van der Waals surface area contributed by atoms with Gasteiger partial charge in [-0.15, -0.1) is 0 Å². The van der Waals surface area contributed by atoms with Crippen LogP contribution >= 0.6 is 0 Å². The van der Waals surface area contributed by atoms with Crippen molar-refractivity contribution in [2.45, 2.75) is 51.1 Å². The fourth-order valence-corrected chi connectivity index (χ4v) is 4.05. The Bertz CT molecular complexity index is 812. The number of carbonyl (C=O) groups excluding carboxylic acids is 3. The number of amides is 3. The second kappa shape index (κ2) is 9.80. The van der Waals surface area contributed by atoms with E-state index >= 15 is 0 Å². The Balaban J connectivity index is 1.58. The smallest absolute Gasteiger partial charge is 0.270 e. The Labute approximate surface area is 176 Å². The van der Waals surface area contributed by atoms with E-state index in [1.807, 2.05) is 0 Å². The van der Waals surface area contributed by atoms with Crippen LogP contribution in [0.2, 0.25) is 0 Å². The number of rotatable bonds is 6. The second-order valence-corrected chi connectivity index (χ2v) is 8.20. The van der Waals surface area contributed by atoms with Crippen LogP contribution in [0.1, 0.15) is 44.7 Å². The molecule has 9 nitrogen and oxygen atoms in total. The van der Waals surface area contributed by atoms with Crippen molar-refractivity contribution in [3.63, 3.8) is 0 Å². The van der Waals surface area contributed by atoms with Gasteiger partial charge in [0.1, 0.15) is 11.7 Å². The number of hydrogen-bond donors (Lipinski definition) is 2. The molecule has 3 heterocycles. The van der Waals surface area contributed by atoms with Crippen LogP contribution in [-0.4, -0.2) is 70.1 Å². The van der Waals surface area contributed by atoms with Crippen LogP contribution in [0.25, 0.3) is 0 Å². The van der Waals surface area contributed by atoms with E-state index < -0.39 is 18.0 Å². The summed E-state index contributed by atoms with van der Waals surface area (Å²) in [7, 11) is 0. The third-order valence-electron chi connectivity index (χ3n) is 5.64. The number of nitrogens with two attached hydrogens (primary N) is 2. The van der Waals surface area contributed by atoms with Crippen molar-refractivity contribution in [2.75, 3.05) is 19.6 Å². The predicted molar refractivity (Wildman–Crippen MR) is 112 cm³/mol. The molecule has 2 saturated heterocycles. The highest BCUT2D eigenvalue weighted by atomic mass is 16.2. The average molecular weight is 415 g/mol. The van der Waals surface area contributed by atoms with Gasteiger partial charge in [-0.2, -0.15) is 4.99 Å². The fourth-order valence-electron chi connectivity index (χ4n) is 4.05. The van der Waals surface area contributed by atoms with E-state index in [2.05, 4.69) is 16.9 Å². The number of piperidine rings is 1. The second-order valence-electron chi connectivity index (χ2n) is 8.20. The number of likely N-dealkylation sites (tertiary alicyclic amines) is 2. The molecule has 0 aliphatic carbocycles. The van der Waals surface area contributed by atoms with Crippen molar-refractivity contribution in [1.29, 1.82) is 0 Å². The molecule has 0 bridgehead atoms. The van der Waals surface area contributed by atoms with E-state index in [4.69, 9.17) is 11.5 Å². The Kier molecular flexibility index (Phi) is 7.15. The summed E-state index contributed by atoms with van der Waals surface area (Å²) in [6, 6.07) is 4.08. The molecule has 3 amide bonds. The van der Waals surface area contributed by atoms with Gasteiger partial charge in [0.15, 0.2) is 5.84 Å². The van der Waals surface area contributed by atoms with Crippen molar-refractivity contribution < 1.29 is 14.4 Å². The minimum atomic E-state index is -0.636. The van der Waals surface area contributed by atoms with Crippen molar-refractivity contribution >= 4 is 23.6 Å². The summed E-state index contributed by atoms with van der Waals surface area (Å²) >= 11 is 0. The molecule has 30 heavy (non-hydrogen) atoms. The first-order valence-corrected chi connectivity index (χ1v) is 10.5. The zero-order valence-corrected chi connectivity index (χ0v) is 17.4. The molecule has 9 heteroatoms. The average Bonchev–Trinajstić information content (AvgIpc) is 3.21. The van der Waals surface area contributed by atoms with Gasteiger partial charge in [0.05, 0.1) is 0 Å². The molecule has 1 aromatic rings. The third kappa shape index (κ3) is 5.41. The molecule has 0 unspecified atom stereocenters. The lowest BCUT2D eigenvalue weighted by Gasteiger charge is -2.33. The van der Waals surface area contributed by atoms with Crippen LogP contribution in [0, 0.1) is 5.92 Å². The van der Waals surface area contributed by atoms with Crippen LogP contribution < -0.4 is 11.5 Å². The van der Waals surface area contributed by atoms with E-state index in [1.165, 1.54) is 4.90 Å². The minimum Gasteiger partial charge on any atom is -0.382 e. The van der Waals surface area contributed by atoms with Gasteiger partial charge < -0.3 is 21.3 Å². The van der Waals surface area contributed by atoms with Gasteiger partial charge in [0, 0.05) is 44.7 Å². The molecular weight excluding hydrogens is 384 g/mol. The van der Waals surface area contributed by atoms with Crippen LogP contribution in [-0.2, 0) is 14.4 Å². The molecule has 0 spiro atoms. The van der Waals surface area contributed by atoms with Crippen molar-refractivity contribution in [2.24, 2.45) is 22.4 Å². The van der Waals surface area contributed by atoms with E-state index in [1.54, 1.807) is 29.3 Å². The van der Waals surface area contributed by atoms with Gasteiger partial charge in [0.25, 0.3) is 5.91 Å². The van der Waals surface area contributed by atoms with Gasteiger partial charge >= 0.3 is 0 Å². The van der Waals surface area contributed by atoms with E-state index in [9.17, 15) is 14.4 Å². The molecule has 4 N–H and O–H groups in total. The molecular formula is C21H30N6O3. The van der Waals surface area contributed by atoms with Crippen LogP contribution in [0.4, 0.5) is 0 Å². The SMILES string of the molecule is C[C@@H]1CCC(=O)N(C[C@@H](N)CC(=O)N2CCC[C@H]2C(=O)N=C(N)c2ccccn2)C1. The zero-order chi connectivity index (χ0) is 21.7. The Morgan fingerprint density at radius 1 is 1.33 bits per heavy atom. The number of amidine groups is 1. The van der Waals surface area contributed by atoms with Gasteiger partial charge in [-0.05, 0) is 37.3 Å². The van der Waals surface area contributed by atoms with E-state index in [0.29, 0.717) is 44.1 Å². The highest BCUT2D eigenvalue weighted by molar-refractivity contribution is 6.04. The number of hydrogen-bond acceptors (Lipinski definition) is 5. The van der Waals surface area contributed by atoms with E-state index in [0.717, 1.165) is 12.8 Å². The fraction of sp³-hybridized carbons (Fsp3) is 0.571. The number of nitrogens with zero attached hydrogens (tertiary/aromatic N) is 4. The van der Waals surface area contributed by atoms with E-state index in [-0.39, 0.29) is 24.1 Å². The summed E-state index contributed by atoms with van der Waals surface area (Å²) in [5, 5.41) is 0. The molecule has 2 aliphatic rings. The van der Waals surface area contributed by atoms with Gasteiger partial charge in [-0.1, -0.05) is 13.0 Å². The molecule has 0 aromatic carbocycles. The van der Waals surface area contributed by atoms with Gasteiger partial charge in [-0.3, -0.25) is 19.4 Å². The Morgan fingerprint density at radius 3 is 2.87 bits per heavy atom. The van der Waals surface area contributed by atoms with Crippen LogP contribution in [0.15, 0.2) is 29.4 Å². The summed E-state index contributed by atoms with van der Waals surface area (Å²) in [6.45, 7) is 3.62. The first-order valence-electron chi connectivity index (χ1n) is 10.5. The normalized spacial score (nSPS) is 23.5. The van der Waals surface area contributed by atoms with Gasteiger partial charge in [-0.25, -0.2) is 0 Å². The largest absolute Gasteiger partial charge is 0.382 e. The molecule has 2 aliphatic heterocycles. The van der Waals surface area contributed by atoms with Gasteiger partial charge in [0.2, 0.25) is 11.8 Å². The molecule has 1 aromatic heterocycles. The van der Waals surface area contributed by atoms with Crippen molar-refractivity contribution in [3.05, 3.63) is 30.1 Å². The number of pyridine rings is 1. The van der Waals surface area contributed by atoms with Crippen LogP contribution in [0.3, 0.4) is 0 Å². The maximum Gasteiger partial charge on any atom is 0.270 e. The summed E-state index contributed by atoms with van der Waals surface area (Å²) in [5.74, 6) is -0.0763. The first-order chi connectivity index (χ1) is 14.3. The lowest BCUT2D eigenvalue weighted by molar-refractivity contribution is -0.138. The Morgan fingerprint density at radius 2 is 2.13 bits per heavy atom. The topological polar surface area (TPSA) is 135 Å². The summed E-state index contributed by atoms with van der Waals surface area (Å²) in [6.07, 6.45) is 4.34. The third-order valence-corrected chi connectivity index (χ3v) is 5.64. The lowest BCUT2D eigenvalue weighted by atomic mass is 9.99. The minimum absolute atomic E-state index is 0.0364. The molecule has 0 saturated carbocycles. The van der Waals surface area contributed by atoms with Crippen LogP contribution in [0.5, 0.6) is 0 Å². The molecule has 3 atom stereocenters. The molecule has 0 radical (unpaired) electrons. The number of aromatic nitrogens is 1. The predicted octanol–water partition coefficient (Wildman–Crippen LogP) is 0.280. The van der Waals surface area contributed by atoms with Crippen molar-refractivity contribution in [1.82, 2.24) is 14.8 Å². The monoisotopic (exact) mass is 414 g/mol. The highest BCUT2D eigenvalue weighted by Gasteiger charge is 2.35. The maximum atomic E-state index is 12.8. The number of carbonyl (C=O) groups is 3. The number of aliphatic imine (C=N–C) groups is 1. The highest BCUT2D eigenvalue weighted by Crippen LogP contribution is 2.21. The lowest BCUT2D eigenvalue weighted by Crippen LogP contribution is -2.48. The summed E-state index contributed by atoms with van der Waals surface area (Å²) in [4.78, 5) is 48.9. The molecule has 162 valence electrons. The summed E-state index contributed by atoms with van der Waals surface area (Å²) in [5.41, 5.74) is 12.5. The first kappa shape index (κ1) is 21.9. The molecule has 2 fully saturated rings. The molecule has 3 rings (SSSR count). The zero-order valence-electron chi connectivity index (χ0n) is 17.4. The summed E-state index contributed by atoms with van der Waals surface area (Å²) < 4.78 is 0. The standard InChI is InChI=1S/C21H30N6O3/c1-14-7-8-18(28)26(12-14)13-15(22)11-19(29)27-10-4-6-17(27)21(30)25-20(23)16-5-2-3-9-24-16/h2-3,5,9,14-15,17H,4,6-8,10-13,22H2,1H3,(H2,23,25,30)/t14-,15+,17+/m1/s1.